The van der Waals surface area contributed by atoms with Crippen molar-refractivity contribution in [2.75, 3.05) is 0 Å². The first-order valence-electron chi connectivity index (χ1n) is 7.54. The van der Waals surface area contributed by atoms with Crippen LogP contribution >= 0.6 is 0 Å². The van der Waals surface area contributed by atoms with E-state index >= 15 is 0 Å². The molecule has 2 aromatic carbocycles. The third kappa shape index (κ3) is 8.72. The second kappa shape index (κ2) is 16.1. The Kier molecular flexibility index (Phi) is 19.6. The Balaban J connectivity index is -0.000000607. The Labute approximate surface area is 243 Å². The first kappa shape index (κ1) is 37.8. The normalized spacial score (nSPS) is 8.65. The number of carbonyl (C=O) groups is 1. The van der Waals surface area contributed by atoms with E-state index in [0.717, 1.165) is 11.1 Å². The van der Waals surface area contributed by atoms with Gasteiger partial charge in [-0.15, -0.1) is 23.0 Å². The van der Waals surface area contributed by atoms with Gasteiger partial charge in [0.1, 0.15) is 0 Å². The molecule has 0 bridgehead atoms. The zero-order valence-electron chi connectivity index (χ0n) is 16.9. The van der Waals surface area contributed by atoms with Crippen molar-refractivity contribution in [3.8, 4) is 0 Å². The summed E-state index contributed by atoms with van der Waals surface area (Å²) < 4.78 is 1.22. The molecule has 0 saturated heterocycles. The smallest absolute Gasteiger partial charge is 0.405 e. The van der Waals surface area contributed by atoms with Crippen molar-refractivity contribution in [2.24, 2.45) is 0 Å². The predicted octanol–water partition coefficient (Wildman–Crippen LogP) is 2.75. The molecule has 1 aromatic heterocycles. The third-order valence-electron chi connectivity index (χ3n) is 3.80. The van der Waals surface area contributed by atoms with Gasteiger partial charge in [0.2, 0.25) is 0 Å². The van der Waals surface area contributed by atoms with Gasteiger partial charge in [0, 0.05) is 80.8 Å². The van der Waals surface area contributed by atoms with Crippen molar-refractivity contribution in [3.63, 3.8) is 0 Å². The van der Waals surface area contributed by atoms with Gasteiger partial charge in [-0.25, -0.2) is 0 Å². The standard InChI is InChI=1S/C20H16N3O2.CH3.5V/c1-12-5-7-15(8-6-12)11-21-20(25)17-19(24)16-10-13(2)9-14(3)18(16)23(4)22-17;;;;;;/h5-8,10H,1-4,11H2,(H,21,25);1H3;;;;;/q-5;-1;;;;;+2. The zero-order chi connectivity index (χ0) is 18.1. The number of hydrogen-bond acceptors (Lipinski definition) is 3. The fourth-order valence-electron chi connectivity index (χ4n) is 2.58. The molecule has 0 fully saturated rings. The summed E-state index contributed by atoms with van der Waals surface area (Å²) in [5.41, 5.74) is 2.48. The summed E-state index contributed by atoms with van der Waals surface area (Å²) >= 11 is 0. The summed E-state index contributed by atoms with van der Waals surface area (Å²) in [6.45, 7) is 11.7. The SMILES string of the molecule is [CH2-]c1[c-]c([CH2-])c2c(c1)c(=O)c(C(=O)NCc1ccc([CH2-])cc1)nn2[CH2-].[CH3-].[V+2].[V].[V].[V].[V]. The average Bonchev–Trinajstić information content (AvgIpc) is 2.56. The number of benzene rings is 2. The van der Waals surface area contributed by atoms with E-state index in [1.165, 1.54) is 4.68 Å². The monoisotopic (exact) mass is 600 g/mol. The minimum absolute atomic E-state index is 0. The predicted molar refractivity (Wildman–Crippen MR) is 103 cm³/mol. The van der Waals surface area contributed by atoms with E-state index in [0.29, 0.717) is 22.0 Å². The van der Waals surface area contributed by atoms with Crippen LogP contribution in [-0.2, 0) is 99.3 Å². The van der Waals surface area contributed by atoms with Gasteiger partial charge in [-0.1, -0.05) is 5.56 Å². The number of nitrogens with one attached hydrogen (secondary N) is 1. The third-order valence-corrected chi connectivity index (χ3v) is 3.80. The summed E-state index contributed by atoms with van der Waals surface area (Å²) in [7, 11) is 3.75. The van der Waals surface area contributed by atoms with E-state index in [9.17, 15) is 9.59 Å². The van der Waals surface area contributed by atoms with Gasteiger partial charge in [0.25, 0.3) is 5.91 Å². The number of aromatic nitrogens is 2. The molecule has 1 heterocycles. The number of hydrogen-bond donors (Lipinski definition) is 1. The first-order valence-corrected chi connectivity index (χ1v) is 7.54. The van der Waals surface area contributed by atoms with E-state index in [1.54, 1.807) is 6.07 Å². The molecule has 0 atom stereocenters. The van der Waals surface area contributed by atoms with Gasteiger partial charge in [-0.2, -0.15) is 36.8 Å². The molecule has 0 unspecified atom stereocenters. The molecule has 31 heavy (non-hydrogen) atoms. The second-order valence-electron chi connectivity index (χ2n) is 5.71. The molecular weight excluding hydrogens is 581 g/mol. The van der Waals surface area contributed by atoms with E-state index in [4.69, 9.17) is 0 Å². The van der Waals surface area contributed by atoms with Gasteiger partial charge in [0.05, 0.1) is 0 Å². The molecule has 0 aliphatic heterocycles. The molecule has 0 aliphatic carbocycles. The summed E-state index contributed by atoms with van der Waals surface area (Å²) in [5, 5.41) is 7.00. The minimum atomic E-state index is -0.563. The van der Waals surface area contributed by atoms with Crippen molar-refractivity contribution in [1.29, 1.82) is 0 Å². The van der Waals surface area contributed by atoms with Crippen LogP contribution in [0.25, 0.3) is 10.9 Å². The van der Waals surface area contributed by atoms with E-state index in [2.05, 4.69) is 44.3 Å². The molecule has 10 heteroatoms. The van der Waals surface area contributed by atoms with Gasteiger partial charge >= 0.3 is 18.6 Å². The number of carbonyl (C=O) groups excluding carboxylic acids is 1. The van der Waals surface area contributed by atoms with Crippen LogP contribution in [0, 0.1) is 41.3 Å². The largest absolute Gasteiger partial charge is 2.00 e. The zero-order valence-corrected chi connectivity index (χ0v) is 23.9. The van der Waals surface area contributed by atoms with E-state index < -0.39 is 11.3 Å². The van der Waals surface area contributed by atoms with Crippen molar-refractivity contribution >= 4 is 16.8 Å². The Morgan fingerprint density at radius 1 is 1.06 bits per heavy atom. The Bertz CT molecular complexity index is 1040. The number of nitrogens with zero attached hydrogens (tertiary/aromatic N) is 2. The Morgan fingerprint density at radius 2 is 1.61 bits per heavy atom. The molecule has 5 radical (unpaired) electrons. The fraction of sp³-hybridized carbons (Fsp3) is 0.0476. The van der Waals surface area contributed by atoms with Gasteiger partial charge in [-0.05, 0) is 0 Å². The number of rotatable bonds is 3. The van der Waals surface area contributed by atoms with E-state index in [1.807, 2.05) is 24.3 Å². The molecule has 5 nitrogen and oxygen atoms in total. The van der Waals surface area contributed by atoms with Crippen LogP contribution in [0.3, 0.4) is 0 Å². The molecule has 3 rings (SSSR count). The summed E-state index contributed by atoms with van der Waals surface area (Å²) in [6, 6.07) is 11.9. The maximum atomic E-state index is 12.6. The van der Waals surface area contributed by atoms with Gasteiger partial charge in [-0.3, -0.25) is 15.7 Å². The van der Waals surface area contributed by atoms with Crippen LogP contribution in [-0.4, -0.2) is 15.7 Å². The van der Waals surface area contributed by atoms with Crippen LogP contribution < -0.4 is 10.7 Å². The van der Waals surface area contributed by atoms with Crippen LogP contribution in [0.2, 0.25) is 0 Å². The molecule has 0 spiro atoms. The van der Waals surface area contributed by atoms with Gasteiger partial charge in [0.15, 0.2) is 11.1 Å². The van der Waals surface area contributed by atoms with E-state index in [-0.39, 0.29) is 112 Å². The van der Waals surface area contributed by atoms with Crippen molar-refractivity contribution in [3.05, 3.63) is 110 Å². The molecule has 1 amide bonds. The summed E-state index contributed by atoms with van der Waals surface area (Å²) in [5.74, 6) is -0.563. The quantitative estimate of drug-likeness (QED) is 0.471. The molecule has 3 aromatic rings. The molecule has 0 saturated carbocycles. The molecule has 1 N–H and O–H groups in total. The summed E-state index contributed by atoms with van der Waals surface area (Å²) in [4.78, 5) is 25.0. The van der Waals surface area contributed by atoms with Crippen molar-refractivity contribution in [2.45, 2.75) is 6.54 Å². The van der Waals surface area contributed by atoms with Crippen LogP contribution in [0.1, 0.15) is 32.7 Å². The topological polar surface area (TPSA) is 64.0 Å². The van der Waals surface area contributed by atoms with Crippen molar-refractivity contribution in [1.82, 2.24) is 15.1 Å². The van der Waals surface area contributed by atoms with Gasteiger partial charge < -0.3 is 48.5 Å². The maximum absolute atomic E-state index is 12.6. The minimum Gasteiger partial charge on any atom is -0.405 e. The Morgan fingerprint density at radius 3 is 2.16 bits per heavy atom. The second-order valence-corrected chi connectivity index (χ2v) is 5.71. The maximum Gasteiger partial charge on any atom is 2.00 e. The van der Waals surface area contributed by atoms with Crippen LogP contribution in [0.4, 0.5) is 0 Å². The summed E-state index contributed by atoms with van der Waals surface area (Å²) in [6.07, 6.45) is 0. The fourth-order valence-corrected chi connectivity index (χ4v) is 2.58. The number of fused-ring (bicyclic) bond motifs is 1. The van der Waals surface area contributed by atoms with Crippen LogP contribution in [0.15, 0.2) is 35.1 Å². The number of amides is 1. The van der Waals surface area contributed by atoms with Crippen LogP contribution in [0.5, 0.6) is 0 Å². The molecule has 0 aliphatic rings. The average molecular weight is 600 g/mol. The molecular formula is C21H19N3O2V5-4. The molecule has 159 valence electrons. The Hall–Kier alpha value is -0.548. The first-order chi connectivity index (χ1) is 11.9. The van der Waals surface area contributed by atoms with Crippen molar-refractivity contribution < 1.29 is 97.6 Å².